The van der Waals surface area contributed by atoms with Crippen LogP contribution in [0.5, 0.6) is 0 Å². The van der Waals surface area contributed by atoms with Gasteiger partial charge < -0.3 is 0 Å². The Morgan fingerprint density at radius 3 is 2.60 bits per heavy atom. The van der Waals surface area contributed by atoms with Gasteiger partial charge in [-0.3, -0.25) is 0 Å². The molecule has 0 aromatic heterocycles. The minimum absolute atomic E-state index is 0.905. The lowest BCUT2D eigenvalue weighted by Gasteiger charge is -1.99. The summed E-state index contributed by atoms with van der Waals surface area (Å²) in [6, 6.07) is 8.23. The van der Waals surface area contributed by atoms with Crippen molar-refractivity contribution in [2.75, 3.05) is 5.75 Å². The van der Waals surface area contributed by atoms with E-state index in [4.69, 9.17) is 0 Å². The molecular weight excluding hydrogens is 208 g/mol. The topological polar surface area (TPSA) is 0 Å². The van der Waals surface area contributed by atoms with Crippen molar-refractivity contribution in [1.29, 1.82) is 0 Å². The minimum atomic E-state index is 0.905. The highest BCUT2D eigenvalue weighted by Crippen LogP contribution is 2.16. The lowest BCUT2D eigenvalue weighted by Crippen LogP contribution is -1.85. The summed E-state index contributed by atoms with van der Waals surface area (Å²) in [5.41, 5.74) is 1.33. The molecule has 1 aromatic rings. The van der Waals surface area contributed by atoms with Crippen LogP contribution in [0.2, 0.25) is 0 Å². The van der Waals surface area contributed by atoms with Gasteiger partial charge in [-0.1, -0.05) is 34.1 Å². The average Bonchev–Trinajstić information content (AvgIpc) is 1.94. The number of halogens is 1. The maximum atomic E-state index is 4.16. The van der Waals surface area contributed by atoms with Gasteiger partial charge in [0, 0.05) is 4.47 Å². The van der Waals surface area contributed by atoms with Crippen LogP contribution in [-0.2, 0) is 6.42 Å². The predicted molar refractivity (Wildman–Crippen MR) is 51.7 cm³/mol. The van der Waals surface area contributed by atoms with Crippen molar-refractivity contribution >= 4 is 28.6 Å². The van der Waals surface area contributed by atoms with Gasteiger partial charge in [0.25, 0.3) is 0 Å². The molecule has 0 amide bonds. The number of aryl methyl sites for hydroxylation is 1. The van der Waals surface area contributed by atoms with Gasteiger partial charge in [-0.05, 0) is 23.8 Å². The normalized spacial score (nSPS) is 9.80. The molecule has 0 saturated heterocycles. The molecule has 10 heavy (non-hydrogen) atoms. The monoisotopic (exact) mass is 216 g/mol. The molecule has 2 heteroatoms. The van der Waals surface area contributed by atoms with Crippen LogP contribution in [0.1, 0.15) is 5.56 Å². The predicted octanol–water partition coefficient (Wildman–Crippen LogP) is 2.92. The van der Waals surface area contributed by atoms with Crippen LogP contribution in [0.25, 0.3) is 0 Å². The fraction of sp³-hybridized carbons (Fsp3) is 0.250. The van der Waals surface area contributed by atoms with Crippen LogP contribution in [0.4, 0.5) is 0 Å². The standard InChI is InChI=1S/C8H9BrS/c9-8-4-2-1-3-7(8)5-6-10/h1-4,10H,5-6H2. The van der Waals surface area contributed by atoms with Crippen LogP contribution < -0.4 is 0 Å². The number of rotatable bonds is 2. The van der Waals surface area contributed by atoms with Gasteiger partial charge in [0.2, 0.25) is 0 Å². The van der Waals surface area contributed by atoms with E-state index in [2.05, 4.69) is 40.7 Å². The first-order valence-corrected chi connectivity index (χ1v) is 4.61. The average molecular weight is 217 g/mol. The third kappa shape index (κ3) is 2.03. The lowest BCUT2D eigenvalue weighted by atomic mass is 10.2. The Morgan fingerprint density at radius 2 is 2.00 bits per heavy atom. The smallest absolute Gasteiger partial charge is 0.0207 e. The second kappa shape index (κ2) is 4.04. The molecule has 0 saturated carbocycles. The van der Waals surface area contributed by atoms with E-state index in [0.717, 1.165) is 12.2 Å². The van der Waals surface area contributed by atoms with E-state index in [0.29, 0.717) is 0 Å². The molecule has 0 aliphatic rings. The molecule has 0 spiro atoms. The Bertz CT molecular complexity index is 210. The fourth-order valence-corrected chi connectivity index (χ4v) is 1.55. The van der Waals surface area contributed by atoms with Gasteiger partial charge in [0.05, 0.1) is 0 Å². The molecule has 1 rings (SSSR count). The molecule has 1 aromatic carbocycles. The Balaban J connectivity index is 2.81. The van der Waals surface area contributed by atoms with E-state index in [-0.39, 0.29) is 0 Å². The van der Waals surface area contributed by atoms with E-state index < -0.39 is 0 Å². The number of hydrogen-bond donors (Lipinski definition) is 1. The molecule has 0 N–H and O–H groups in total. The van der Waals surface area contributed by atoms with E-state index in [1.807, 2.05) is 12.1 Å². The van der Waals surface area contributed by atoms with Crippen molar-refractivity contribution in [2.45, 2.75) is 6.42 Å². The molecule has 0 heterocycles. The number of benzene rings is 1. The van der Waals surface area contributed by atoms with E-state index >= 15 is 0 Å². The van der Waals surface area contributed by atoms with Gasteiger partial charge in [-0.15, -0.1) is 0 Å². The highest BCUT2D eigenvalue weighted by molar-refractivity contribution is 9.10. The summed E-state index contributed by atoms with van der Waals surface area (Å²) in [6.07, 6.45) is 1.03. The van der Waals surface area contributed by atoms with Gasteiger partial charge in [-0.2, -0.15) is 12.6 Å². The summed E-state index contributed by atoms with van der Waals surface area (Å²) in [4.78, 5) is 0. The third-order valence-electron chi connectivity index (χ3n) is 1.34. The van der Waals surface area contributed by atoms with Crippen LogP contribution in [0, 0.1) is 0 Å². The Kier molecular flexibility index (Phi) is 3.29. The van der Waals surface area contributed by atoms with Crippen LogP contribution >= 0.6 is 28.6 Å². The van der Waals surface area contributed by atoms with Crippen molar-refractivity contribution in [2.24, 2.45) is 0 Å². The first kappa shape index (κ1) is 8.15. The summed E-state index contributed by atoms with van der Waals surface area (Å²) in [5.74, 6) is 0.905. The van der Waals surface area contributed by atoms with Crippen LogP contribution in [-0.4, -0.2) is 5.75 Å². The molecular formula is C8H9BrS. The molecule has 0 radical (unpaired) electrons. The zero-order valence-electron chi connectivity index (χ0n) is 5.55. The van der Waals surface area contributed by atoms with Gasteiger partial charge >= 0.3 is 0 Å². The fourth-order valence-electron chi connectivity index (χ4n) is 0.822. The molecule has 0 atom stereocenters. The highest BCUT2D eigenvalue weighted by atomic mass is 79.9. The zero-order chi connectivity index (χ0) is 7.40. The molecule has 0 nitrogen and oxygen atoms in total. The summed E-state index contributed by atoms with van der Waals surface area (Å²) in [5, 5.41) is 0. The lowest BCUT2D eigenvalue weighted by molar-refractivity contribution is 1.15. The Labute approximate surface area is 75.2 Å². The van der Waals surface area contributed by atoms with Gasteiger partial charge in [0.1, 0.15) is 0 Å². The largest absolute Gasteiger partial charge is 0.179 e. The number of hydrogen-bond acceptors (Lipinski definition) is 1. The second-order valence-corrected chi connectivity index (χ2v) is 3.37. The van der Waals surface area contributed by atoms with Crippen molar-refractivity contribution in [3.05, 3.63) is 34.3 Å². The van der Waals surface area contributed by atoms with Crippen molar-refractivity contribution in [1.82, 2.24) is 0 Å². The molecule has 0 aliphatic carbocycles. The molecule has 0 fully saturated rings. The third-order valence-corrected chi connectivity index (χ3v) is 2.34. The first-order chi connectivity index (χ1) is 4.84. The maximum absolute atomic E-state index is 4.16. The summed E-state index contributed by atoms with van der Waals surface area (Å²) in [6.45, 7) is 0. The van der Waals surface area contributed by atoms with Crippen LogP contribution in [0.3, 0.4) is 0 Å². The SMILES string of the molecule is SCCc1ccccc1Br. The Hall–Kier alpha value is 0.0500. The number of thiol groups is 1. The minimum Gasteiger partial charge on any atom is -0.179 e. The molecule has 54 valence electrons. The second-order valence-electron chi connectivity index (χ2n) is 2.07. The van der Waals surface area contributed by atoms with Gasteiger partial charge in [0.15, 0.2) is 0 Å². The van der Waals surface area contributed by atoms with E-state index in [9.17, 15) is 0 Å². The quantitative estimate of drug-likeness (QED) is 0.723. The van der Waals surface area contributed by atoms with Crippen molar-refractivity contribution in [3.8, 4) is 0 Å². The maximum Gasteiger partial charge on any atom is 0.0207 e. The van der Waals surface area contributed by atoms with Crippen molar-refractivity contribution < 1.29 is 0 Å². The molecule has 0 bridgehead atoms. The molecule has 0 aliphatic heterocycles. The zero-order valence-corrected chi connectivity index (χ0v) is 8.03. The highest BCUT2D eigenvalue weighted by Gasteiger charge is 1.94. The van der Waals surface area contributed by atoms with Crippen molar-refractivity contribution in [3.63, 3.8) is 0 Å². The van der Waals surface area contributed by atoms with Crippen LogP contribution in [0.15, 0.2) is 28.7 Å². The summed E-state index contributed by atoms with van der Waals surface area (Å²) < 4.78 is 1.18. The van der Waals surface area contributed by atoms with E-state index in [1.165, 1.54) is 10.0 Å². The summed E-state index contributed by atoms with van der Waals surface area (Å²) in [7, 11) is 0. The van der Waals surface area contributed by atoms with E-state index in [1.54, 1.807) is 0 Å². The summed E-state index contributed by atoms with van der Waals surface area (Å²) >= 11 is 7.62. The first-order valence-electron chi connectivity index (χ1n) is 3.19. The molecule has 0 unspecified atom stereocenters. The Morgan fingerprint density at radius 1 is 1.30 bits per heavy atom. The van der Waals surface area contributed by atoms with Gasteiger partial charge in [-0.25, -0.2) is 0 Å².